The first-order valence-electron chi connectivity index (χ1n) is 6.90. The molecule has 1 fully saturated rings. The summed E-state index contributed by atoms with van der Waals surface area (Å²) in [5.41, 5.74) is 5.67. The maximum absolute atomic E-state index is 10.3. The van der Waals surface area contributed by atoms with Crippen molar-refractivity contribution in [3.8, 4) is 0 Å². The van der Waals surface area contributed by atoms with E-state index in [1.807, 2.05) is 29.5 Å². The fourth-order valence-electron chi connectivity index (χ4n) is 2.51. The van der Waals surface area contributed by atoms with Crippen LogP contribution in [-0.4, -0.2) is 64.3 Å². The van der Waals surface area contributed by atoms with Gasteiger partial charge in [-0.25, -0.2) is 15.0 Å². The predicted octanol–water partition coefficient (Wildman–Crippen LogP) is -0.296. The molecular formula is C12H16IN5O4S. The zero-order valence-electron chi connectivity index (χ0n) is 12.1. The first kappa shape index (κ1) is 17.1. The summed E-state index contributed by atoms with van der Waals surface area (Å²) < 4.78 is 7.60. The maximum atomic E-state index is 10.3. The molecule has 3 heterocycles. The van der Waals surface area contributed by atoms with Gasteiger partial charge in [0, 0.05) is 22.6 Å². The summed E-state index contributed by atoms with van der Waals surface area (Å²) in [6, 6.07) is 0. The van der Waals surface area contributed by atoms with E-state index in [4.69, 9.17) is 10.5 Å². The summed E-state index contributed by atoms with van der Waals surface area (Å²) in [5, 5.41) is 30.5. The molecule has 0 amide bonds. The molecule has 126 valence electrons. The average molecular weight is 453 g/mol. The van der Waals surface area contributed by atoms with Crippen LogP contribution in [0.2, 0.25) is 0 Å². The molecule has 1 aliphatic heterocycles. The molecule has 0 radical (unpaired) electrons. The van der Waals surface area contributed by atoms with E-state index in [0.717, 1.165) is 0 Å². The van der Waals surface area contributed by atoms with Gasteiger partial charge in [0.2, 0.25) is 0 Å². The van der Waals surface area contributed by atoms with Gasteiger partial charge in [0.05, 0.1) is 6.33 Å². The van der Waals surface area contributed by atoms with Gasteiger partial charge in [-0.1, -0.05) is 6.92 Å². The number of nitrogens with zero attached hydrogens (tertiary/aromatic N) is 4. The molecule has 0 bridgehead atoms. The van der Waals surface area contributed by atoms with Crippen LogP contribution in [0.25, 0.3) is 11.2 Å². The van der Waals surface area contributed by atoms with Crippen LogP contribution in [-0.2, 0) is 4.74 Å². The van der Waals surface area contributed by atoms with Gasteiger partial charge in [-0.3, -0.25) is 4.57 Å². The summed E-state index contributed by atoms with van der Waals surface area (Å²) in [4.78, 5) is 12.4. The predicted molar refractivity (Wildman–Crippen MR) is 92.5 cm³/mol. The van der Waals surface area contributed by atoms with E-state index in [0.29, 0.717) is 20.7 Å². The van der Waals surface area contributed by atoms with Gasteiger partial charge < -0.3 is 25.8 Å². The molecule has 2 aromatic rings. The first-order chi connectivity index (χ1) is 10.9. The highest BCUT2D eigenvalue weighted by molar-refractivity contribution is 14.1. The van der Waals surface area contributed by atoms with E-state index in [2.05, 4.69) is 15.0 Å². The highest BCUT2D eigenvalue weighted by atomic mass is 127. The molecule has 1 saturated heterocycles. The van der Waals surface area contributed by atoms with Crippen molar-refractivity contribution in [3.63, 3.8) is 0 Å². The van der Waals surface area contributed by atoms with Gasteiger partial charge in [-0.2, -0.15) is 0 Å². The van der Waals surface area contributed by atoms with Crippen molar-refractivity contribution in [2.45, 2.75) is 36.9 Å². The van der Waals surface area contributed by atoms with Gasteiger partial charge >= 0.3 is 0 Å². The van der Waals surface area contributed by atoms with E-state index >= 15 is 0 Å². The van der Waals surface area contributed by atoms with Crippen molar-refractivity contribution >= 4 is 51.3 Å². The normalized spacial score (nSPS) is 29.3. The molecule has 1 unspecified atom stereocenters. The number of nitrogen functional groups attached to an aromatic ring is 1. The summed E-state index contributed by atoms with van der Waals surface area (Å²) in [7, 11) is 0. The third-order valence-corrected chi connectivity index (χ3v) is 5.01. The number of halogens is 1. The molecule has 1 aliphatic rings. The third-order valence-electron chi connectivity index (χ3n) is 3.59. The topological polar surface area (TPSA) is 140 Å². The molecule has 9 nitrogen and oxygen atoms in total. The number of imidazole rings is 1. The lowest BCUT2D eigenvalue weighted by atomic mass is 10.1. The molecule has 5 atom stereocenters. The van der Waals surface area contributed by atoms with Crippen LogP contribution < -0.4 is 5.73 Å². The lowest BCUT2D eigenvalue weighted by molar-refractivity contribution is -0.0594. The van der Waals surface area contributed by atoms with Crippen molar-refractivity contribution in [1.82, 2.24) is 19.5 Å². The van der Waals surface area contributed by atoms with Crippen molar-refractivity contribution in [1.29, 1.82) is 0 Å². The summed E-state index contributed by atoms with van der Waals surface area (Å²) in [6.07, 6.45) is -2.84. The second-order valence-corrected chi connectivity index (χ2v) is 7.38. The summed E-state index contributed by atoms with van der Waals surface area (Å²) in [5.74, 6) is 0.883. The number of anilines is 1. The van der Waals surface area contributed by atoms with Crippen LogP contribution in [0.4, 0.5) is 5.82 Å². The number of thioether (sulfide) groups is 1. The smallest absolute Gasteiger partial charge is 0.194 e. The van der Waals surface area contributed by atoms with E-state index in [1.165, 1.54) is 22.7 Å². The minimum atomic E-state index is -1.22. The lowest BCUT2D eigenvalue weighted by Crippen LogP contribution is -2.37. The molecule has 5 N–H and O–H groups in total. The maximum Gasteiger partial charge on any atom is 0.194 e. The Hall–Kier alpha value is -0.730. The quantitative estimate of drug-likeness (QED) is 0.279. The molecule has 0 aromatic carbocycles. The Morgan fingerprint density at radius 2 is 2.17 bits per heavy atom. The molecule has 2 aromatic heterocycles. The van der Waals surface area contributed by atoms with Gasteiger partial charge in [0.25, 0.3) is 0 Å². The summed E-state index contributed by atoms with van der Waals surface area (Å²) >= 11 is 3.16. The van der Waals surface area contributed by atoms with Crippen molar-refractivity contribution in [2.24, 2.45) is 0 Å². The Labute approximate surface area is 149 Å². The molecular weight excluding hydrogens is 437 g/mol. The van der Waals surface area contributed by atoms with Crippen LogP contribution in [0.15, 0.2) is 6.33 Å². The Bertz CT molecular complexity index is 716. The fraction of sp³-hybridized carbons (Fsp3) is 0.583. The summed E-state index contributed by atoms with van der Waals surface area (Å²) in [6.45, 7) is 1.88. The second-order valence-electron chi connectivity index (χ2n) is 5.02. The Morgan fingerprint density at radius 3 is 2.87 bits per heavy atom. The Morgan fingerprint density at radius 1 is 1.43 bits per heavy atom. The van der Waals surface area contributed by atoms with Crippen molar-refractivity contribution < 1.29 is 20.1 Å². The van der Waals surface area contributed by atoms with Gasteiger partial charge in [-0.05, 0) is 5.75 Å². The second kappa shape index (κ2) is 6.64. The standard InChI is InChI=1S/C12H16IN5O4S/c1-2-23-11(21)7-5(19)6(20)10(22-7)18-3-15-4-8(14)16-12(13)17-9(4)18/h3,5-7,10-11,19-21H,2H2,1H3,(H2,14,16,17)/t5-,6+,7-,10+,11?/m0/s1. The molecule has 23 heavy (non-hydrogen) atoms. The monoisotopic (exact) mass is 453 g/mol. The largest absolute Gasteiger partial charge is 0.387 e. The molecule has 0 spiro atoms. The van der Waals surface area contributed by atoms with Gasteiger partial charge in [0.15, 0.2) is 21.5 Å². The Kier molecular flexibility index (Phi) is 4.94. The zero-order valence-corrected chi connectivity index (χ0v) is 15.0. The van der Waals surface area contributed by atoms with Crippen LogP contribution in [0.3, 0.4) is 0 Å². The minimum Gasteiger partial charge on any atom is -0.387 e. The minimum absolute atomic E-state index is 0.226. The first-order valence-corrected chi connectivity index (χ1v) is 9.03. The van der Waals surface area contributed by atoms with Crippen molar-refractivity contribution in [3.05, 3.63) is 10.2 Å². The number of aliphatic hydroxyl groups is 3. The van der Waals surface area contributed by atoms with E-state index in [-0.39, 0.29) is 5.82 Å². The molecule has 0 saturated carbocycles. The van der Waals surface area contributed by atoms with E-state index in [9.17, 15) is 15.3 Å². The number of ether oxygens (including phenoxy) is 1. The molecule has 0 aliphatic carbocycles. The van der Waals surface area contributed by atoms with Crippen LogP contribution in [0.1, 0.15) is 13.2 Å². The Balaban J connectivity index is 1.96. The number of rotatable bonds is 4. The van der Waals surface area contributed by atoms with Crippen LogP contribution in [0.5, 0.6) is 0 Å². The van der Waals surface area contributed by atoms with Gasteiger partial charge in [-0.15, -0.1) is 11.8 Å². The highest BCUT2D eigenvalue weighted by Crippen LogP contribution is 2.35. The molecule has 11 heteroatoms. The SMILES string of the molecule is CCSC(O)[C@H]1O[C@@H](n2cnc3c(N)nc(I)nc32)[C@H](O)[C@@H]1O. The fourth-order valence-corrected chi connectivity index (χ4v) is 3.76. The lowest BCUT2D eigenvalue weighted by Gasteiger charge is -2.19. The number of aliphatic hydroxyl groups excluding tert-OH is 3. The number of aromatic nitrogens is 4. The number of nitrogens with two attached hydrogens (primary N) is 1. The number of hydrogen-bond donors (Lipinski definition) is 4. The third kappa shape index (κ3) is 3.00. The zero-order chi connectivity index (χ0) is 16.7. The van der Waals surface area contributed by atoms with Crippen molar-refractivity contribution in [2.75, 3.05) is 11.5 Å². The van der Waals surface area contributed by atoms with E-state index in [1.54, 1.807) is 0 Å². The highest BCUT2D eigenvalue weighted by Gasteiger charge is 2.47. The van der Waals surface area contributed by atoms with Gasteiger partial charge in [0.1, 0.15) is 29.3 Å². The molecule has 3 rings (SSSR count). The van der Waals surface area contributed by atoms with E-state index < -0.39 is 30.0 Å². The number of fused-ring (bicyclic) bond motifs is 1. The van der Waals surface area contributed by atoms with Crippen LogP contribution >= 0.6 is 34.4 Å². The van der Waals surface area contributed by atoms with Crippen LogP contribution in [0, 0.1) is 3.83 Å². The number of hydrogen-bond acceptors (Lipinski definition) is 9. The average Bonchev–Trinajstić information content (AvgIpc) is 3.02.